The molecule has 2 heterocycles. The Morgan fingerprint density at radius 3 is 2.76 bits per heavy atom. The normalized spacial score (nSPS) is 11.8. The lowest BCUT2D eigenvalue weighted by atomic mass is 10.3. The summed E-state index contributed by atoms with van der Waals surface area (Å²) < 4.78 is 41.5. The molecule has 2 aromatic rings. The molecule has 0 atom stereocenters. The van der Waals surface area contributed by atoms with Gasteiger partial charge >= 0.3 is 6.18 Å². The molecule has 0 aliphatic rings. The Bertz CT molecular complexity index is 506. The van der Waals surface area contributed by atoms with Gasteiger partial charge in [0.2, 0.25) is 0 Å². The number of aryl methyl sites for hydroxylation is 1. The summed E-state index contributed by atoms with van der Waals surface area (Å²) in [5, 5.41) is 7.65. The van der Waals surface area contributed by atoms with Crippen molar-refractivity contribution in [2.24, 2.45) is 0 Å². The molecule has 0 fully saturated rings. The highest BCUT2D eigenvalue weighted by molar-refractivity contribution is 7.13. The second-order valence-electron chi connectivity index (χ2n) is 3.33. The van der Waals surface area contributed by atoms with Crippen molar-refractivity contribution in [2.45, 2.75) is 19.6 Å². The van der Waals surface area contributed by atoms with Crippen molar-refractivity contribution in [3.63, 3.8) is 0 Å². The van der Waals surface area contributed by atoms with Crippen molar-refractivity contribution >= 4 is 16.5 Å². The minimum atomic E-state index is -4.40. The maximum Gasteiger partial charge on any atom is 0.434 e. The predicted octanol–water partition coefficient (Wildman–Crippen LogP) is 3.07. The number of nitrogens with one attached hydrogen (secondary N) is 1. The van der Waals surface area contributed by atoms with Crippen molar-refractivity contribution < 1.29 is 17.7 Å². The summed E-state index contributed by atoms with van der Waals surface area (Å²) in [6.07, 6.45) is -2.93. The lowest BCUT2D eigenvalue weighted by Crippen LogP contribution is -2.06. The monoisotopic (exact) mass is 263 g/mol. The second kappa shape index (κ2) is 4.36. The van der Waals surface area contributed by atoms with Crippen molar-refractivity contribution in [3.05, 3.63) is 28.6 Å². The smallest absolute Gasteiger partial charge is 0.364 e. The number of aromatic nitrogens is 2. The number of nitrogens with zero attached hydrogens (tertiary/aromatic N) is 2. The van der Waals surface area contributed by atoms with Gasteiger partial charge in [-0.05, 0) is 6.92 Å². The Hall–Kier alpha value is -1.57. The van der Waals surface area contributed by atoms with Gasteiger partial charge in [0.25, 0.3) is 0 Å². The van der Waals surface area contributed by atoms with Crippen molar-refractivity contribution in [3.8, 4) is 0 Å². The quantitative estimate of drug-likeness (QED) is 0.924. The average molecular weight is 263 g/mol. The maximum absolute atomic E-state index is 12.3. The zero-order chi connectivity index (χ0) is 12.5. The van der Waals surface area contributed by atoms with E-state index in [4.69, 9.17) is 4.52 Å². The molecule has 0 aliphatic heterocycles. The van der Waals surface area contributed by atoms with Crippen LogP contribution in [0.15, 0.2) is 16.2 Å². The van der Waals surface area contributed by atoms with E-state index in [1.807, 2.05) is 0 Å². The zero-order valence-electron chi connectivity index (χ0n) is 8.71. The lowest BCUT2D eigenvalue weighted by molar-refractivity contribution is -0.140. The number of thiazole rings is 1. The Kier molecular flexibility index (Phi) is 3.05. The first-order valence-electron chi connectivity index (χ1n) is 4.63. The van der Waals surface area contributed by atoms with Gasteiger partial charge in [0.05, 0.1) is 6.54 Å². The fourth-order valence-electron chi connectivity index (χ4n) is 1.13. The van der Waals surface area contributed by atoms with Gasteiger partial charge in [0.15, 0.2) is 10.8 Å². The second-order valence-corrected chi connectivity index (χ2v) is 4.19. The molecule has 1 N–H and O–H groups in total. The standard InChI is InChI=1S/C9H8F3N3OS/c1-5-3-16-15-6(5)2-13-8-14-7(4-17-8)9(10,11)12/h3-4H,2H2,1H3,(H,13,14). The predicted molar refractivity (Wildman–Crippen MR) is 55.7 cm³/mol. The third-order valence-electron chi connectivity index (χ3n) is 2.05. The molecule has 0 aliphatic carbocycles. The number of halogens is 3. The van der Waals surface area contributed by atoms with Crippen LogP contribution in [0.3, 0.4) is 0 Å². The van der Waals surface area contributed by atoms with Gasteiger partial charge in [0, 0.05) is 10.9 Å². The maximum atomic E-state index is 12.3. The van der Waals surface area contributed by atoms with E-state index in [9.17, 15) is 13.2 Å². The molecule has 4 nitrogen and oxygen atoms in total. The fourth-order valence-corrected chi connectivity index (χ4v) is 1.84. The molecule has 0 saturated carbocycles. The van der Waals surface area contributed by atoms with Crippen LogP contribution in [0.5, 0.6) is 0 Å². The molecular formula is C9H8F3N3OS. The minimum absolute atomic E-state index is 0.208. The van der Waals surface area contributed by atoms with Gasteiger partial charge < -0.3 is 9.84 Å². The first kappa shape index (κ1) is 11.9. The third kappa shape index (κ3) is 2.76. The molecule has 0 aromatic carbocycles. The van der Waals surface area contributed by atoms with E-state index in [2.05, 4.69) is 15.5 Å². The Morgan fingerprint density at radius 1 is 1.47 bits per heavy atom. The van der Waals surface area contributed by atoms with E-state index >= 15 is 0 Å². The summed E-state index contributed by atoms with van der Waals surface area (Å²) in [6, 6.07) is 0. The van der Waals surface area contributed by atoms with Gasteiger partial charge in [-0.1, -0.05) is 5.16 Å². The first-order valence-corrected chi connectivity index (χ1v) is 5.51. The molecule has 0 unspecified atom stereocenters. The molecule has 0 spiro atoms. The van der Waals surface area contributed by atoms with E-state index in [-0.39, 0.29) is 11.7 Å². The van der Waals surface area contributed by atoms with Gasteiger partial charge in [-0.2, -0.15) is 13.2 Å². The summed E-state index contributed by atoms with van der Waals surface area (Å²) in [6.45, 7) is 2.09. The van der Waals surface area contributed by atoms with Gasteiger partial charge in [-0.3, -0.25) is 0 Å². The van der Waals surface area contributed by atoms with Crippen LogP contribution >= 0.6 is 11.3 Å². The van der Waals surface area contributed by atoms with Crippen LogP contribution in [0.4, 0.5) is 18.3 Å². The molecule has 8 heteroatoms. The summed E-state index contributed by atoms with van der Waals surface area (Å²) >= 11 is 0.904. The Morgan fingerprint density at radius 2 is 2.24 bits per heavy atom. The van der Waals surface area contributed by atoms with Crippen LogP contribution in [0.25, 0.3) is 0 Å². The number of hydrogen-bond acceptors (Lipinski definition) is 5. The summed E-state index contributed by atoms with van der Waals surface area (Å²) in [5.74, 6) is 0. The van der Waals surface area contributed by atoms with Gasteiger partial charge in [-0.25, -0.2) is 4.98 Å². The SMILES string of the molecule is Cc1conc1CNc1nc(C(F)(F)F)cs1. The van der Waals surface area contributed by atoms with E-state index in [1.165, 1.54) is 6.26 Å². The average Bonchev–Trinajstić information content (AvgIpc) is 2.82. The van der Waals surface area contributed by atoms with Crippen LogP contribution in [0.2, 0.25) is 0 Å². The van der Waals surface area contributed by atoms with E-state index in [1.54, 1.807) is 6.92 Å². The highest BCUT2D eigenvalue weighted by atomic mass is 32.1. The third-order valence-corrected chi connectivity index (χ3v) is 2.85. The van der Waals surface area contributed by atoms with Crippen LogP contribution < -0.4 is 5.32 Å². The Balaban J connectivity index is 2.01. The van der Waals surface area contributed by atoms with Gasteiger partial charge in [0.1, 0.15) is 12.0 Å². The first-order chi connectivity index (χ1) is 7.97. The molecule has 2 rings (SSSR count). The van der Waals surface area contributed by atoms with Crippen LogP contribution in [0, 0.1) is 6.92 Å². The lowest BCUT2D eigenvalue weighted by Gasteiger charge is -2.01. The van der Waals surface area contributed by atoms with E-state index in [0.29, 0.717) is 5.69 Å². The number of alkyl halides is 3. The minimum Gasteiger partial charge on any atom is -0.364 e. The van der Waals surface area contributed by atoms with E-state index < -0.39 is 11.9 Å². The summed E-state index contributed by atoms with van der Waals surface area (Å²) in [7, 11) is 0. The number of hydrogen-bond donors (Lipinski definition) is 1. The molecule has 0 amide bonds. The van der Waals surface area contributed by atoms with E-state index in [0.717, 1.165) is 22.3 Å². The van der Waals surface area contributed by atoms with Crippen molar-refractivity contribution in [1.29, 1.82) is 0 Å². The highest BCUT2D eigenvalue weighted by Gasteiger charge is 2.33. The molecule has 92 valence electrons. The largest absolute Gasteiger partial charge is 0.434 e. The highest BCUT2D eigenvalue weighted by Crippen LogP contribution is 2.31. The Labute approximate surface area is 98.5 Å². The summed E-state index contributed by atoms with van der Waals surface area (Å²) in [5.41, 5.74) is 0.598. The molecule has 17 heavy (non-hydrogen) atoms. The van der Waals surface area contributed by atoms with Crippen LogP contribution in [-0.2, 0) is 12.7 Å². The molecule has 0 radical (unpaired) electrons. The fraction of sp³-hybridized carbons (Fsp3) is 0.333. The molecular weight excluding hydrogens is 255 g/mol. The van der Waals surface area contributed by atoms with Crippen molar-refractivity contribution in [1.82, 2.24) is 10.1 Å². The van der Waals surface area contributed by atoms with Crippen molar-refractivity contribution in [2.75, 3.05) is 5.32 Å². The molecule has 2 aromatic heterocycles. The zero-order valence-corrected chi connectivity index (χ0v) is 9.52. The van der Waals surface area contributed by atoms with Crippen LogP contribution in [-0.4, -0.2) is 10.1 Å². The molecule has 0 bridgehead atoms. The summed E-state index contributed by atoms with van der Waals surface area (Å²) in [4.78, 5) is 3.43. The number of rotatable bonds is 3. The van der Waals surface area contributed by atoms with Crippen LogP contribution in [0.1, 0.15) is 17.0 Å². The molecule has 0 saturated heterocycles. The number of anilines is 1. The topological polar surface area (TPSA) is 51.0 Å². The van der Waals surface area contributed by atoms with Gasteiger partial charge in [-0.15, -0.1) is 11.3 Å².